The Bertz CT molecular complexity index is 2150. The Morgan fingerprint density at radius 1 is 0.831 bits per heavy atom. The fourth-order valence-corrected chi connectivity index (χ4v) is 15.8. The van der Waals surface area contributed by atoms with Gasteiger partial charge in [0.25, 0.3) is 0 Å². The summed E-state index contributed by atoms with van der Waals surface area (Å²) in [7, 11) is -2.01. The van der Waals surface area contributed by atoms with Crippen LogP contribution in [0, 0.1) is 50.2 Å². The van der Waals surface area contributed by atoms with Crippen LogP contribution in [0.4, 0.5) is 5.69 Å². The molecule has 0 aliphatic heterocycles. The summed E-state index contributed by atoms with van der Waals surface area (Å²) in [6.45, 7) is 21.1. The van der Waals surface area contributed by atoms with Gasteiger partial charge in [-0.05, 0) is 158 Å². The molecule has 4 fully saturated rings. The van der Waals surface area contributed by atoms with E-state index in [1.807, 2.05) is 36.4 Å². The van der Waals surface area contributed by atoms with Crippen molar-refractivity contribution in [2.45, 2.75) is 145 Å². The van der Waals surface area contributed by atoms with Crippen molar-refractivity contribution in [2.75, 3.05) is 38.7 Å². The zero-order valence-electron chi connectivity index (χ0n) is 40.9. The number of aliphatic hydroxyl groups is 1. The SMILES string of the molecule is CCOP(=O)(OCC)C(Nc1ccc(CC(=O)NCCCNC(=O)[C@@]2(C)CC[C@]3(C)CC[C@]4(C)C(=CC(=O)[C@@H]5[C@@]6(C)CC[C@H](O)C(C)(C)[C@@H]6CC[C@]54C)[C@@H]3C2)cc1)c1ccc(OC)cc1. The molecule has 4 saturated carbocycles. The van der Waals surface area contributed by atoms with Crippen molar-refractivity contribution >= 4 is 30.9 Å². The van der Waals surface area contributed by atoms with E-state index in [9.17, 15) is 24.1 Å². The molecule has 0 radical (unpaired) electrons. The van der Waals surface area contributed by atoms with Crippen molar-refractivity contribution in [3.63, 3.8) is 0 Å². The number of ether oxygens (including phenoxy) is 1. The van der Waals surface area contributed by atoms with Gasteiger partial charge >= 0.3 is 7.60 Å². The quantitative estimate of drug-likeness (QED) is 0.0952. The Kier molecular flexibility index (Phi) is 14.1. The zero-order chi connectivity index (χ0) is 47.2. The molecule has 10 atom stereocenters. The summed E-state index contributed by atoms with van der Waals surface area (Å²) in [5, 5.41) is 20.7. The minimum Gasteiger partial charge on any atom is -0.497 e. The number of aliphatic hydroxyl groups excluding tert-OH is 1. The number of anilines is 1. The number of fused-ring (bicyclic) bond motifs is 7. The number of rotatable bonds is 16. The first-order valence-corrected chi connectivity index (χ1v) is 26.1. The first-order valence-electron chi connectivity index (χ1n) is 24.5. The van der Waals surface area contributed by atoms with Crippen molar-refractivity contribution < 1.29 is 37.8 Å². The van der Waals surface area contributed by atoms with Crippen LogP contribution in [-0.2, 0) is 34.4 Å². The highest BCUT2D eigenvalue weighted by molar-refractivity contribution is 7.54. The molecule has 7 rings (SSSR count). The topological polar surface area (TPSA) is 152 Å². The summed E-state index contributed by atoms with van der Waals surface area (Å²) < 4.78 is 30.7. The van der Waals surface area contributed by atoms with Gasteiger partial charge in [0.2, 0.25) is 11.8 Å². The van der Waals surface area contributed by atoms with E-state index in [0.29, 0.717) is 36.9 Å². The highest BCUT2D eigenvalue weighted by atomic mass is 31.2. The highest BCUT2D eigenvalue weighted by Crippen LogP contribution is 2.75. The molecular formula is C53H78N3O8P. The summed E-state index contributed by atoms with van der Waals surface area (Å²) >= 11 is 0. The smallest absolute Gasteiger partial charge is 0.357 e. The number of nitrogens with one attached hydrogen (secondary N) is 3. The Morgan fingerprint density at radius 2 is 1.48 bits per heavy atom. The van der Waals surface area contributed by atoms with E-state index in [1.54, 1.807) is 33.1 Å². The molecule has 2 aromatic carbocycles. The maximum Gasteiger partial charge on any atom is 0.357 e. The number of carbonyl (C=O) groups excluding carboxylic acids is 3. The van der Waals surface area contributed by atoms with Crippen molar-refractivity contribution in [3.8, 4) is 5.75 Å². The number of benzene rings is 2. The summed E-state index contributed by atoms with van der Waals surface area (Å²) in [6.07, 6.45) is 10.8. The third-order valence-corrected chi connectivity index (χ3v) is 20.3. The van der Waals surface area contributed by atoms with Crippen LogP contribution in [0.2, 0.25) is 0 Å². The van der Waals surface area contributed by atoms with Crippen LogP contribution < -0.4 is 20.7 Å². The Labute approximate surface area is 388 Å². The van der Waals surface area contributed by atoms with E-state index >= 15 is 0 Å². The fourth-order valence-electron chi connectivity index (χ4n) is 13.9. The predicted molar refractivity (Wildman–Crippen MR) is 256 cm³/mol. The van der Waals surface area contributed by atoms with Crippen LogP contribution in [0.25, 0.3) is 0 Å². The second-order valence-corrected chi connectivity index (χ2v) is 24.3. The molecule has 358 valence electrons. The molecule has 0 saturated heterocycles. The predicted octanol–water partition coefficient (Wildman–Crippen LogP) is 10.6. The van der Waals surface area contributed by atoms with Crippen molar-refractivity contribution in [2.24, 2.45) is 50.2 Å². The first kappa shape index (κ1) is 49.4. The average molecular weight is 916 g/mol. The maximum atomic E-state index is 14.7. The van der Waals surface area contributed by atoms with E-state index in [4.69, 9.17) is 13.8 Å². The third-order valence-electron chi connectivity index (χ3n) is 18.1. The second kappa shape index (κ2) is 18.5. The van der Waals surface area contributed by atoms with E-state index < -0.39 is 18.8 Å². The van der Waals surface area contributed by atoms with Crippen molar-refractivity contribution in [1.82, 2.24) is 10.6 Å². The molecule has 65 heavy (non-hydrogen) atoms. The van der Waals surface area contributed by atoms with E-state index in [1.165, 1.54) is 5.57 Å². The third kappa shape index (κ3) is 8.90. The normalized spacial score (nSPS) is 34.4. The monoisotopic (exact) mass is 916 g/mol. The minimum atomic E-state index is -3.61. The van der Waals surface area contributed by atoms with Gasteiger partial charge in [0, 0.05) is 30.1 Å². The summed E-state index contributed by atoms with van der Waals surface area (Å²) in [6, 6.07) is 14.7. The molecule has 5 aliphatic carbocycles. The standard InChI is InChI=1S/C53H78N3O8P/c1-11-63-65(61,64-12-2)46(36-16-20-38(62-10)21-17-36)56-37-18-14-35(15-19-37)32-44(59)54-30-13-31-55-47(60)50(6)27-26-49(5)28-29-52(8)39(40(49)34-50)33-41(57)45-51(7)24-23-43(58)48(3,4)42(51)22-25-53(45,52)9/h14-21,33,40,42-43,45-46,56,58H,11-13,22-32,34H2,1-10H3,(H,54,59)(H,55,60)/t40-,42-,43-,45+,46?,49+,50-,51-,52+,53+/m0/s1. The summed E-state index contributed by atoms with van der Waals surface area (Å²) in [5.41, 5.74) is 2.36. The van der Waals surface area contributed by atoms with Gasteiger partial charge in [-0.1, -0.05) is 78.3 Å². The second-order valence-electron chi connectivity index (χ2n) is 22.2. The lowest BCUT2D eigenvalue weighted by Crippen LogP contribution is -2.66. The van der Waals surface area contributed by atoms with E-state index in [0.717, 1.165) is 68.9 Å². The molecule has 0 heterocycles. The van der Waals surface area contributed by atoms with Gasteiger partial charge in [-0.25, -0.2) is 0 Å². The molecule has 0 bridgehead atoms. The first-order chi connectivity index (χ1) is 30.6. The molecule has 2 aromatic rings. The average Bonchev–Trinajstić information content (AvgIpc) is 3.26. The van der Waals surface area contributed by atoms with Crippen LogP contribution in [0.5, 0.6) is 5.75 Å². The Morgan fingerprint density at radius 3 is 2.12 bits per heavy atom. The summed E-state index contributed by atoms with van der Waals surface area (Å²) in [4.78, 5) is 41.8. The number of ketones is 1. The molecule has 5 aliphatic rings. The lowest BCUT2D eigenvalue weighted by Gasteiger charge is -2.70. The van der Waals surface area contributed by atoms with Crippen LogP contribution in [-0.4, -0.2) is 62.2 Å². The largest absolute Gasteiger partial charge is 0.497 e. The van der Waals surface area contributed by atoms with Gasteiger partial charge in [0.1, 0.15) is 5.75 Å². The number of methoxy groups -OCH3 is 1. The molecule has 4 N–H and O–H groups in total. The molecule has 0 spiro atoms. The van der Waals surface area contributed by atoms with Gasteiger partial charge in [-0.15, -0.1) is 0 Å². The Balaban J connectivity index is 0.932. The van der Waals surface area contributed by atoms with Gasteiger partial charge < -0.3 is 34.8 Å². The van der Waals surface area contributed by atoms with Crippen LogP contribution in [0.15, 0.2) is 60.2 Å². The molecular weight excluding hydrogens is 838 g/mol. The lowest BCUT2D eigenvalue weighted by molar-refractivity contribution is -0.202. The number of hydrogen-bond donors (Lipinski definition) is 4. The number of hydrogen-bond acceptors (Lipinski definition) is 9. The zero-order valence-corrected chi connectivity index (χ0v) is 41.8. The van der Waals surface area contributed by atoms with Gasteiger partial charge in [-0.2, -0.15) is 0 Å². The maximum absolute atomic E-state index is 14.7. The summed E-state index contributed by atoms with van der Waals surface area (Å²) in [5.74, 6) is 0.532. The fraction of sp³-hybridized carbons (Fsp3) is 0.679. The molecule has 12 heteroatoms. The van der Waals surface area contributed by atoms with E-state index in [-0.39, 0.29) is 82.2 Å². The molecule has 11 nitrogen and oxygen atoms in total. The van der Waals surface area contributed by atoms with Gasteiger partial charge in [-0.3, -0.25) is 18.9 Å². The Hall–Kier alpha value is -3.50. The highest BCUT2D eigenvalue weighted by Gasteiger charge is 2.70. The molecule has 1 unspecified atom stereocenters. The van der Waals surface area contributed by atoms with Gasteiger partial charge in [0.15, 0.2) is 11.6 Å². The van der Waals surface area contributed by atoms with Crippen molar-refractivity contribution in [3.05, 3.63) is 71.3 Å². The number of amides is 2. The molecule has 0 aromatic heterocycles. The van der Waals surface area contributed by atoms with Crippen LogP contribution in [0.1, 0.15) is 143 Å². The van der Waals surface area contributed by atoms with Gasteiger partial charge in [0.05, 0.1) is 32.8 Å². The van der Waals surface area contributed by atoms with Crippen molar-refractivity contribution in [1.29, 1.82) is 0 Å². The van der Waals surface area contributed by atoms with Crippen LogP contribution >= 0.6 is 7.60 Å². The number of allylic oxidation sites excluding steroid dienone is 2. The molecule has 2 amide bonds. The van der Waals surface area contributed by atoms with E-state index in [2.05, 4.69) is 70.5 Å². The number of carbonyl (C=O) groups is 3. The minimum absolute atomic E-state index is 0.0463. The van der Waals surface area contributed by atoms with Crippen LogP contribution in [0.3, 0.4) is 0 Å². The lowest BCUT2D eigenvalue weighted by atomic mass is 9.33.